The largest absolute Gasteiger partial charge is 0.496 e. The standard InChI is InChI=1S/C25H28F4N2O2S/c1-33-20-13-17(25(27,28)29)14-21(34-2)22(20)23(32)30-15-24(31-10-3-4-11-31)9-8-19(24)16-6-5-7-18(26)12-16/h5-7,12-14,19H,3-4,8-11,15H2,1-2H3,(H,30,32). The number of likely N-dealkylation sites (tertiary alicyclic amines) is 1. The van der Waals surface area contributed by atoms with E-state index in [0.29, 0.717) is 6.54 Å². The van der Waals surface area contributed by atoms with Crippen LogP contribution in [0.15, 0.2) is 41.3 Å². The Morgan fingerprint density at radius 3 is 2.53 bits per heavy atom. The smallest absolute Gasteiger partial charge is 0.416 e. The number of nitrogens with one attached hydrogen (secondary N) is 1. The third-order valence-corrected chi connectivity index (χ3v) is 7.88. The van der Waals surface area contributed by atoms with Gasteiger partial charge < -0.3 is 10.1 Å². The van der Waals surface area contributed by atoms with Crippen LogP contribution in [-0.4, -0.2) is 49.3 Å². The summed E-state index contributed by atoms with van der Waals surface area (Å²) in [6, 6.07) is 8.45. The summed E-state index contributed by atoms with van der Waals surface area (Å²) in [5.74, 6) is -0.806. The van der Waals surface area contributed by atoms with Crippen molar-refractivity contribution in [2.45, 2.75) is 48.2 Å². The molecule has 0 radical (unpaired) electrons. The molecule has 184 valence electrons. The van der Waals surface area contributed by atoms with Crippen LogP contribution in [0, 0.1) is 5.82 Å². The van der Waals surface area contributed by atoms with Gasteiger partial charge >= 0.3 is 6.18 Å². The predicted octanol–water partition coefficient (Wildman–Crippen LogP) is 5.72. The Bertz CT molecular complexity index is 1030. The van der Waals surface area contributed by atoms with Crippen LogP contribution in [0.5, 0.6) is 5.75 Å². The van der Waals surface area contributed by atoms with E-state index in [2.05, 4.69) is 10.2 Å². The van der Waals surface area contributed by atoms with Crippen molar-refractivity contribution in [1.29, 1.82) is 0 Å². The quantitative estimate of drug-likeness (QED) is 0.394. The zero-order valence-corrected chi connectivity index (χ0v) is 20.0. The lowest BCUT2D eigenvalue weighted by Gasteiger charge is -2.55. The van der Waals surface area contributed by atoms with Crippen LogP contribution in [0.4, 0.5) is 17.6 Å². The van der Waals surface area contributed by atoms with Gasteiger partial charge in [0, 0.05) is 22.9 Å². The molecule has 4 rings (SSSR count). The normalized spacial score (nSPS) is 22.9. The molecule has 34 heavy (non-hydrogen) atoms. The number of carbonyl (C=O) groups excluding carboxylic acids is 1. The second-order valence-electron chi connectivity index (χ2n) is 8.88. The van der Waals surface area contributed by atoms with Crippen LogP contribution < -0.4 is 10.1 Å². The summed E-state index contributed by atoms with van der Waals surface area (Å²) in [5, 5.41) is 2.99. The number of methoxy groups -OCH3 is 1. The topological polar surface area (TPSA) is 41.6 Å². The Balaban J connectivity index is 1.62. The molecule has 1 aliphatic heterocycles. The number of hydrogen-bond acceptors (Lipinski definition) is 4. The van der Waals surface area contributed by atoms with Crippen LogP contribution in [0.2, 0.25) is 0 Å². The average molecular weight is 497 g/mol. The minimum absolute atomic E-state index is 0.0659. The van der Waals surface area contributed by atoms with E-state index >= 15 is 0 Å². The van der Waals surface area contributed by atoms with Crippen LogP contribution in [-0.2, 0) is 6.18 Å². The fourth-order valence-electron chi connectivity index (χ4n) is 5.31. The highest BCUT2D eigenvalue weighted by molar-refractivity contribution is 7.98. The van der Waals surface area contributed by atoms with E-state index in [1.54, 1.807) is 18.4 Å². The maximum absolute atomic E-state index is 14.0. The molecule has 2 aliphatic rings. The first-order valence-electron chi connectivity index (χ1n) is 11.3. The van der Waals surface area contributed by atoms with Gasteiger partial charge in [-0.05, 0) is 74.9 Å². The molecular weight excluding hydrogens is 468 g/mol. The lowest BCUT2D eigenvalue weighted by molar-refractivity contribution is -0.137. The van der Waals surface area contributed by atoms with Gasteiger partial charge in [-0.25, -0.2) is 4.39 Å². The highest BCUT2D eigenvalue weighted by atomic mass is 32.2. The van der Waals surface area contributed by atoms with Gasteiger partial charge in [0.25, 0.3) is 5.91 Å². The molecule has 1 saturated heterocycles. The number of halogens is 4. The third-order valence-electron chi connectivity index (χ3n) is 7.12. The Morgan fingerprint density at radius 1 is 1.24 bits per heavy atom. The average Bonchev–Trinajstić information content (AvgIpc) is 3.32. The number of hydrogen-bond donors (Lipinski definition) is 1. The van der Waals surface area contributed by atoms with Crippen LogP contribution in [0.25, 0.3) is 0 Å². The summed E-state index contributed by atoms with van der Waals surface area (Å²) in [4.78, 5) is 15.9. The third kappa shape index (κ3) is 4.64. The molecule has 4 nitrogen and oxygen atoms in total. The number of alkyl halides is 3. The molecule has 2 unspecified atom stereocenters. The number of benzene rings is 2. The monoisotopic (exact) mass is 496 g/mol. The molecule has 0 spiro atoms. The van der Waals surface area contributed by atoms with Crippen molar-refractivity contribution in [3.63, 3.8) is 0 Å². The van der Waals surface area contributed by atoms with E-state index in [-0.39, 0.29) is 33.5 Å². The summed E-state index contributed by atoms with van der Waals surface area (Å²) in [6.45, 7) is 2.13. The maximum Gasteiger partial charge on any atom is 0.416 e. The van der Waals surface area contributed by atoms with E-state index in [1.165, 1.54) is 13.2 Å². The Hall–Kier alpha value is -2.26. The zero-order chi connectivity index (χ0) is 24.5. The fraction of sp³-hybridized carbons (Fsp3) is 0.480. The van der Waals surface area contributed by atoms with E-state index < -0.39 is 17.6 Å². The van der Waals surface area contributed by atoms with Gasteiger partial charge in [-0.3, -0.25) is 9.69 Å². The lowest BCUT2D eigenvalue weighted by Crippen LogP contribution is -2.63. The van der Waals surface area contributed by atoms with E-state index in [1.807, 2.05) is 6.07 Å². The summed E-state index contributed by atoms with van der Waals surface area (Å²) in [6.07, 6.45) is 0.952. The van der Waals surface area contributed by atoms with Gasteiger partial charge in [-0.2, -0.15) is 13.2 Å². The number of ether oxygens (including phenoxy) is 1. The number of carbonyl (C=O) groups is 1. The Labute approximate surface area is 201 Å². The van der Waals surface area contributed by atoms with Gasteiger partial charge in [0.05, 0.1) is 18.2 Å². The van der Waals surface area contributed by atoms with Crippen LogP contribution in [0.1, 0.15) is 53.1 Å². The molecule has 2 aromatic carbocycles. The number of rotatable bonds is 7. The van der Waals surface area contributed by atoms with Crippen molar-refractivity contribution in [3.8, 4) is 5.75 Å². The lowest BCUT2D eigenvalue weighted by atomic mass is 9.62. The Morgan fingerprint density at radius 2 is 1.97 bits per heavy atom. The Kier molecular flexibility index (Phi) is 7.14. The van der Waals surface area contributed by atoms with Crippen molar-refractivity contribution in [2.24, 2.45) is 0 Å². The molecule has 1 heterocycles. The van der Waals surface area contributed by atoms with Crippen molar-refractivity contribution in [1.82, 2.24) is 10.2 Å². The molecule has 1 amide bonds. The second-order valence-corrected chi connectivity index (χ2v) is 9.73. The molecular formula is C25H28F4N2O2S. The minimum atomic E-state index is -4.54. The van der Waals surface area contributed by atoms with Gasteiger partial charge in [-0.1, -0.05) is 12.1 Å². The van der Waals surface area contributed by atoms with Gasteiger partial charge in [0.2, 0.25) is 0 Å². The molecule has 9 heteroatoms. The SMILES string of the molecule is COc1cc(C(F)(F)F)cc(SC)c1C(=O)NCC1(N2CCCC2)CCC1c1cccc(F)c1. The number of thioether (sulfide) groups is 1. The van der Waals surface area contributed by atoms with Crippen molar-refractivity contribution < 1.29 is 27.1 Å². The molecule has 1 aliphatic carbocycles. The van der Waals surface area contributed by atoms with Gasteiger partial charge in [-0.15, -0.1) is 11.8 Å². The van der Waals surface area contributed by atoms with E-state index in [4.69, 9.17) is 4.74 Å². The number of amides is 1. The van der Waals surface area contributed by atoms with Crippen molar-refractivity contribution >= 4 is 17.7 Å². The highest BCUT2D eigenvalue weighted by Gasteiger charge is 2.52. The molecule has 1 saturated carbocycles. The fourth-order valence-corrected chi connectivity index (χ4v) is 5.95. The molecule has 0 aromatic heterocycles. The van der Waals surface area contributed by atoms with E-state index in [0.717, 1.165) is 68.2 Å². The first kappa shape index (κ1) is 24.9. The summed E-state index contributed by atoms with van der Waals surface area (Å²) in [7, 11) is 1.26. The first-order valence-corrected chi connectivity index (χ1v) is 12.5. The van der Waals surface area contributed by atoms with Gasteiger partial charge in [0.1, 0.15) is 11.6 Å². The molecule has 2 fully saturated rings. The molecule has 2 atom stereocenters. The summed E-state index contributed by atoms with van der Waals surface area (Å²) < 4.78 is 59.1. The van der Waals surface area contributed by atoms with E-state index in [9.17, 15) is 22.4 Å². The second kappa shape index (κ2) is 9.77. The zero-order valence-electron chi connectivity index (χ0n) is 19.2. The first-order chi connectivity index (χ1) is 16.2. The maximum atomic E-state index is 14.0. The van der Waals surface area contributed by atoms with Crippen molar-refractivity contribution in [3.05, 3.63) is 58.9 Å². The summed E-state index contributed by atoms with van der Waals surface area (Å²) >= 11 is 1.07. The molecule has 1 N–H and O–H groups in total. The van der Waals surface area contributed by atoms with Crippen molar-refractivity contribution in [2.75, 3.05) is 33.0 Å². The van der Waals surface area contributed by atoms with Gasteiger partial charge in [0.15, 0.2) is 0 Å². The molecule has 0 bridgehead atoms. The molecule has 2 aromatic rings. The number of nitrogens with zero attached hydrogens (tertiary/aromatic N) is 1. The summed E-state index contributed by atoms with van der Waals surface area (Å²) in [5.41, 5.74) is -0.201. The highest BCUT2D eigenvalue weighted by Crippen LogP contribution is 2.51. The minimum Gasteiger partial charge on any atom is -0.496 e. The predicted molar refractivity (Wildman–Crippen MR) is 124 cm³/mol. The van der Waals surface area contributed by atoms with Crippen LogP contribution >= 0.6 is 11.8 Å². The van der Waals surface area contributed by atoms with Crippen LogP contribution in [0.3, 0.4) is 0 Å².